The van der Waals surface area contributed by atoms with Crippen molar-refractivity contribution in [1.29, 1.82) is 5.26 Å². The van der Waals surface area contributed by atoms with E-state index in [0.717, 1.165) is 4.57 Å². The SMILES string of the molecule is Cc1cc(O)n(CCCOC(=O)c2ccc(Cl)cc2Cl)c(=O)c1C#N. The highest BCUT2D eigenvalue weighted by Crippen LogP contribution is 2.21. The number of pyridine rings is 1. The number of aromatic hydroxyl groups is 1. The molecular formula is C17H14Cl2N2O4. The second kappa shape index (κ2) is 8.06. The number of ether oxygens (including phenoxy) is 1. The van der Waals surface area contributed by atoms with Crippen LogP contribution in [0.5, 0.6) is 5.88 Å². The normalized spacial score (nSPS) is 10.3. The third-order valence-electron chi connectivity index (χ3n) is 3.50. The lowest BCUT2D eigenvalue weighted by molar-refractivity contribution is 0.0495. The van der Waals surface area contributed by atoms with Gasteiger partial charge in [-0.2, -0.15) is 5.26 Å². The van der Waals surface area contributed by atoms with Crippen LogP contribution in [-0.2, 0) is 11.3 Å². The van der Waals surface area contributed by atoms with Gasteiger partial charge >= 0.3 is 5.97 Å². The van der Waals surface area contributed by atoms with E-state index in [0.29, 0.717) is 10.6 Å². The van der Waals surface area contributed by atoms with Crippen molar-refractivity contribution < 1.29 is 14.6 Å². The summed E-state index contributed by atoms with van der Waals surface area (Å²) in [6.07, 6.45) is 0.276. The first-order valence-electron chi connectivity index (χ1n) is 7.31. The lowest BCUT2D eigenvalue weighted by atomic mass is 10.1. The van der Waals surface area contributed by atoms with Gasteiger partial charge in [0.25, 0.3) is 5.56 Å². The summed E-state index contributed by atoms with van der Waals surface area (Å²) in [4.78, 5) is 24.1. The third-order valence-corrected chi connectivity index (χ3v) is 4.05. The summed E-state index contributed by atoms with van der Waals surface area (Å²) in [5.74, 6) is -0.853. The molecule has 0 aliphatic rings. The van der Waals surface area contributed by atoms with Crippen LogP contribution >= 0.6 is 23.2 Å². The maximum absolute atomic E-state index is 12.1. The molecule has 0 radical (unpaired) electrons. The highest BCUT2D eigenvalue weighted by Gasteiger charge is 2.14. The lowest BCUT2D eigenvalue weighted by Gasteiger charge is -2.11. The minimum atomic E-state index is -0.611. The van der Waals surface area contributed by atoms with Gasteiger partial charge < -0.3 is 9.84 Å². The molecule has 0 amide bonds. The van der Waals surface area contributed by atoms with Gasteiger partial charge in [-0.25, -0.2) is 4.79 Å². The second-order valence-electron chi connectivity index (χ2n) is 5.24. The van der Waals surface area contributed by atoms with E-state index in [9.17, 15) is 14.7 Å². The predicted octanol–water partition coefficient (Wildman–Crippen LogP) is 3.29. The van der Waals surface area contributed by atoms with Crippen LogP contribution in [0.25, 0.3) is 0 Å². The van der Waals surface area contributed by atoms with Crippen molar-refractivity contribution in [3.05, 3.63) is 61.4 Å². The zero-order valence-corrected chi connectivity index (χ0v) is 14.8. The molecule has 8 heteroatoms. The van der Waals surface area contributed by atoms with Gasteiger partial charge in [0.15, 0.2) is 5.88 Å². The van der Waals surface area contributed by atoms with Crippen molar-refractivity contribution in [3.63, 3.8) is 0 Å². The number of hydrogen-bond acceptors (Lipinski definition) is 5. The van der Waals surface area contributed by atoms with E-state index >= 15 is 0 Å². The van der Waals surface area contributed by atoms with Gasteiger partial charge in [-0.1, -0.05) is 23.2 Å². The molecule has 0 atom stereocenters. The molecule has 6 nitrogen and oxygen atoms in total. The van der Waals surface area contributed by atoms with Crippen molar-refractivity contribution in [1.82, 2.24) is 4.57 Å². The van der Waals surface area contributed by atoms with Crippen molar-refractivity contribution in [3.8, 4) is 11.9 Å². The fourth-order valence-corrected chi connectivity index (χ4v) is 2.71. The molecule has 0 saturated heterocycles. The summed E-state index contributed by atoms with van der Waals surface area (Å²) in [6, 6.07) is 7.59. The average Bonchev–Trinajstić information content (AvgIpc) is 2.53. The number of aryl methyl sites for hydroxylation is 1. The molecule has 1 aromatic carbocycles. The van der Waals surface area contributed by atoms with Crippen LogP contribution in [0.2, 0.25) is 10.0 Å². The highest BCUT2D eigenvalue weighted by molar-refractivity contribution is 6.36. The van der Waals surface area contributed by atoms with E-state index in [4.69, 9.17) is 33.2 Å². The molecule has 0 aliphatic carbocycles. The zero-order valence-electron chi connectivity index (χ0n) is 13.3. The molecule has 0 bridgehead atoms. The highest BCUT2D eigenvalue weighted by atomic mass is 35.5. The smallest absolute Gasteiger partial charge is 0.339 e. The van der Waals surface area contributed by atoms with E-state index < -0.39 is 11.5 Å². The quantitative estimate of drug-likeness (QED) is 0.634. The Kier molecular flexibility index (Phi) is 6.07. The van der Waals surface area contributed by atoms with Crippen LogP contribution in [0.15, 0.2) is 29.1 Å². The second-order valence-corrected chi connectivity index (χ2v) is 6.09. The number of esters is 1. The zero-order chi connectivity index (χ0) is 18.6. The summed E-state index contributed by atoms with van der Waals surface area (Å²) < 4.78 is 6.17. The molecule has 0 unspecified atom stereocenters. The van der Waals surface area contributed by atoms with Crippen LogP contribution in [0.3, 0.4) is 0 Å². The Morgan fingerprint density at radius 1 is 1.36 bits per heavy atom. The number of benzene rings is 1. The maximum Gasteiger partial charge on any atom is 0.339 e. The number of nitrogens with zero attached hydrogens (tertiary/aromatic N) is 2. The third kappa shape index (κ3) is 4.32. The number of nitriles is 1. The van der Waals surface area contributed by atoms with Crippen LogP contribution in [0.1, 0.15) is 27.9 Å². The maximum atomic E-state index is 12.1. The molecule has 0 saturated carbocycles. The van der Waals surface area contributed by atoms with E-state index in [1.807, 2.05) is 6.07 Å². The van der Waals surface area contributed by atoms with Crippen LogP contribution in [-0.4, -0.2) is 22.2 Å². The number of carbonyl (C=O) groups excluding carboxylic acids is 1. The van der Waals surface area contributed by atoms with Crippen LogP contribution in [0.4, 0.5) is 0 Å². The summed E-state index contributed by atoms with van der Waals surface area (Å²) in [5, 5.41) is 19.4. The largest absolute Gasteiger partial charge is 0.494 e. The topological polar surface area (TPSA) is 92.3 Å². The fraction of sp³-hybridized carbons (Fsp3) is 0.235. The summed E-state index contributed by atoms with van der Waals surface area (Å²) >= 11 is 11.7. The fourth-order valence-electron chi connectivity index (χ4n) is 2.22. The molecule has 2 aromatic rings. The van der Waals surface area contributed by atoms with E-state index in [2.05, 4.69) is 0 Å². The first-order valence-corrected chi connectivity index (χ1v) is 8.06. The first-order chi connectivity index (χ1) is 11.8. The molecule has 130 valence electrons. The van der Waals surface area contributed by atoms with Crippen molar-refractivity contribution in [2.24, 2.45) is 0 Å². The van der Waals surface area contributed by atoms with Crippen molar-refractivity contribution in [2.45, 2.75) is 19.9 Å². The van der Waals surface area contributed by atoms with Crippen molar-refractivity contribution >= 4 is 29.2 Å². The van der Waals surface area contributed by atoms with E-state index in [-0.39, 0.29) is 41.6 Å². The molecule has 1 heterocycles. The van der Waals surface area contributed by atoms with Gasteiger partial charge in [-0.3, -0.25) is 9.36 Å². The first kappa shape index (κ1) is 18.8. The summed E-state index contributed by atoms with van der Waals surface area (Å²) in [6.45, 7) is 1.68. The molecule has 0 aliphatic heterocycles. The summed E-state index contributed by atoms with van der Waals surface area (Å²) in [5.41, 5.74) is -0.00643. The van der Waals surface area contributed by atoms with Gasteiger partial charge in [0.05, 0.1) is 17.2 Å². The number of carbonyl (C=O) groups is 1. The van der Waals surface area contributed by atoms with E-state index in [1.54, 1.807) is 6.92 Å². The molecular weight excluding hydrogens is 367 g/mol. The Morgan fingerprint density at radius 2 is 2.08 bits per heavy atom. The van der Waals surface area contributed by atoms with Crippen LogP contribution in [0, 0.1) is 18.3 Å². The Bertz CT molecular complexity index is 916. The van der Waals surface area contributed by atoms with E-state index in [1.165, 1.54) is 24.3 Å². The standard InChI is InChI=1S/C17H14Cl2N2O4/c1-10-7-15(22)21(16(23)13(10)9-20)5-2-6-25-17(24)12-4-3-11(18)8-14(12)19/h3-4,7-8,22H,2,5-6H2,1H3. The molecule has 1 aromatic heterocycles. The van der Waals surface area contributed by atoms with Gasteiger partial charge in [0, 0.05) is 17.6 Å². The van der Waals surface area contributed by atoms with Gasteiger partial charge in [0.1, 0.15) is 11.6 Å². The molecule has 0 spiro atoms. The number of rotatable bonds is 5. The Labute approximate surface area is 153 Å². The summed E-state index contributed by atoms with van der Waals surface area (Å²) in [7, 11) is 0. The number of halogens is 2. The molecule has 2 rings (SSSR count). The predicted molar refractivity (Wildman–Crippen MR) is 93.2 cm³/mol. The van der Waals surface area contributed by atoms with Gasteiger partial charge in [0.2, 0.25) is 0 Å². The molecule has 25 heavy (non-hydrogen) atoms. The van der Waals surface area contributed by atoms with Gasteiger partial charge in [-0.05, 0) is 37.1 Å². The van der Waals surface area contributed by atoms with Crippen LogP contribution < -0.4 is 5.56 Å². The molecule has 1 N–H and O–H groups in total. The number of hydrogen-bond donors (Lipinski definition) is 1. The van der Waals surface area contributed by atoms with Gasteiger partial charge in [-0.15, -0.1) is 0 Å². The Hall–Kier alpha value is -2.49. The Balaban J connectivity index is 1.99. The molecule has 0 fully saturated rings. The Morgan fingerprint density at radius 3 is 2.72 bits per heavy atom. The average molecular weight is 381 g/mol. The van der Waals surface area contributed by atoms with Crippen molar-refractivity contribution in [2.75, 3.05) is 6.61 Å². The monoisotopic (exact) mass is 380 g/mol. The minimum absolute atomic E-state index is 0.0133. The number of aromatic nitrogens is 1. The lowest BCUT2D eigenvalue weighted by Crippen LogP contribution is -2.24. The minimum Gasteiger partial charge on any atom is -0.494 e.